The van der Waals surface area contributed by atoms with E-state index in [4.69, 9.17) is 33.0 Å². The first-order chi connectivity index (χ1) is 8.99. The number of pyridine rings is 1. The minimum Gasteiger partial charge on any atom is -0.477 e. The average molecular weight is 302 g/mol. The van der Waals surface area contributed by atoms with Crippen LogP contribution in [0.25, 0.3) is 0 Å². The van der Waals surface area contributed by atoms with Gasteiger partial charge in [-0.15, -0.1) is 0 Å². The van der Waals surface area contributed by atoms with E-state index in [-0.39, 0.29) is 27.2 Å². The first kappa shape index (κ1) is 13.6. The zero-order valence-corrected chi connectivity index (χ0v) is 10.7. The summed E-state index contributed by atoms with van der Waals surface area (Å²) in [5, 5.41) is 8.88. The van der Waals surface area contributed by atoms with E-state index in [1.54, 1.807) is 0 Å². The third-order valence-electron chi connectivity index (χ3n) is 2.20. The van der Waals surface area contributed by atoms with Gasteiger partial charge in [0.05, 0.1) is 5.02 Å². The molecular weight excluding hydrogens is 296 g/mol. The first-order valence-corrected chi connectivity index (χ1v) is 5.75. The highest BCUT2D eigenvalue weighted by Gasteiger charge is 2.16. The lowest BCUT2D eigenvalue weighted by Gasteiger charge is -2.09. The molecule has 0 atom stereocenters. The van der Waals surface area contributed by atoms with Gasteiger partial charge in [0.1, 0.15) is 16.5 Å². The summed E-state index contributed by atoms with van der Waals surface area (Å²) in [6.07, 6.45) is 1.03. The summed E-state index contributed by atoms with van der Waals surface area (Å²) in [5.41, 5.74) is -0.233. The second-order valence-electron chi connectivity index (χ2n) is 3.46. The molecule has 1 heterocycles. The van der Waals surface area contributed by atoms with Crippen molar-refractivity contribution in [1.29, 1.82) is 0 Å². The van der Waals surface area contributed by atoms with Crippen molar-refractivity contribution in [1.82, 2.24) is 4.98 Å². The molecule has 0 aliphatic carbocycles. The monoisotopic (exact) mass is 301 g/mol. The smallest absolute Gasteiger partial charge is 0.341 e. The summed E-state index contributed by atoms with van der Waals surface area (Å²) in [6, 6.07) is 5.33. The fourth-order valence-electron chi connectivity index (χ4n) is 1.34. The second kappa shape index (κ2) is 5.42. The normalized spacial score (nSPS) is 10.3. The molecule has 0 saturated heterocycles. The van der Waals surface area contributed by atoms with Crippen LogP contribution in [-0.4, -0.2) is 16.1 Å². The maximum Gasteiger partial charge on any atom is 0.341 e. The number of nitrogens with zero attached hydrogens (tertiary/aromatic N) is 1. The predicted molar refractivity (Wildman–Crippen MR) is 67.7 cm³/mol. The number of rotatable bonds is 3. The summed E-state index contributed by atoms with van der Waals surface area (Å²) < 4.78 is 18.9. The van der Waals surface area contributed by atoms with Crippen LogP contribution in [0.4, 0.5) is 4.39 Å². The van der Waals surface area contributed by atoms with E-state index in [9.17, 15) is 9.18 Å². The lowest BCUT2D eigenvalue weighted by molar-refractivity contribution is 0.0693. The van der Waals surface area contributed by atoms with Gasteiger partial charge in [-0.05, 0) is 12.1 Å². The molecule has 0 spiro atoms. The van der Waals surface area contributed by atoms with Gasteiger partial charge >= 0.3 is 5.97 Å². The quantitative estimate of drug-likeness (QED) is 0.870. The molecule has 2 aromatic rings. The summed E-state index contributed by atoms with van der Waals surface area (Å²) in [6.45, 7) is 0. The van der Waals surface area contributed by atoms with Gasteiger partial charge in [0, 0.05) is 12.3 Å². The van der Waals surface area contributed by atoms with Crippen molar-refractivity contribution in [3.05, 3.63) is 52.0 Å². The summed E-state index contributed by atoms with van der Waals surface area (Å²) >= 11 is 11.3. The van der Waals surface area contributed by atoms with Crippen molar-refractivity contribution in [3.63, 3.8) is 0 Å². The average Bonchev–Trinajstić information content (AvgIpc) is 2.35. The number of benzene rings is 1. The van der Waals surface area contributed by atoms with E-state index in [1.165, 1.54) is 24.3 Å². The molecule has 0 aliphatic rings. The third-order valence-corrected chi connectivity index (χ3v) is 2.70. The van der Waals surface area contributed by atoms with Crippen LogP contribution in [0.3, 0.4) is 0 Å². The molecule has 0 radical (unpaired) electrons. The van der Waals surface area contributed by atoms with E-state index >= 15 is 0 Å². The van der Waals surface area contributed by atoms with Crippen molar-refractivity contribution in [2.24, 2.45) is 0 Å². The van der Waals surface area contributed by atoms with Crippen LogP contribution in [0.15, 0.2) is 30.5 Å². The van der Waals surface area contributed by atoms with Crippen molar-refractivity contribution in [3.8, 4) is 11.5 Å². The van der Waals surface area contributed by atoms with Gasteiger partial charge in [0.2, 0.25) is 0 Å². The SMILES string of the molecule is O=C(O)c1cnc(Cl)cc1Oc1cccc(Cl)c1F. The fourth-order valence-corrected chi connectivity index (χ4v) is 1.65. The Bertz CT molecular complexity index is 649. The van der Waals surface area contributed by atoms with Gasteiger partial charge < -0.3 is 9.84 Å². The van der Waals surface area contributed by atoms with Crippen LogP contribution >= 0.6 is 23.2 Å². The lowest BCUT2D eigenvalue weighted by atomic mass is 10.2. The minimum absolute atomic E-state index is 0.0300. The predicted octanol–water partition coefficient (Wildman–Crippen LogP) is 4.02. The van der Waals surface area contributed by atoms with E-state index < -0.39 is 11.8 Å². The molecule has 0 saturated carbocycles. The number of carbonyl (C=O) groups is 1. The van der Waals surface area contributed by atoms with E-state index in [0.717, 1.165) is 6.20 Å². The highest BCUT2D eigenvalue weighted by Crippen LogP contribution is 2.31. The molecule has 7 heteroatoms. The van der Waals surface area contributed by atoms with Gasteiger partial charge in [-0.2, -0.15) is 0 Å². The van der Waals surface area contributed by atoms with Crippen molar-refractivity contribution in [2.75, 3.05) is 0 Å². The molecule has 98 valence electrons. The Morgan fingerprint density at radius 2 is 2.05 bits per heavy atom. The largest absolute Gasteiger partial charge is 0.477 e. The molecule has 0 fully saturated rings. The summed E-state index contributed by atoms with van der Waals surface area (Å²) in [4.78, 5) is 14.6. The maximum atomic E-state index is 13.7. The number of hydrogen-bond donors (Lipinski definition) is 1. The van der Waals surface area contributed by atoms with Gasteiger partial charge in [-0.25, -0.2) is 14.2 Å². The Morgan fingerprint density at radius 3 is 2.74 bits per heavy atom. The van der Waals surface area contributed by atoms with Crippen molar-refractivity contribution < 1.29 is 19.0 Å². The highest BCUT2D eigenvalue weighted by molar-refractivity contribution is 6.31. The molecule has 0 unspecified atom stereocenters. The van der Waals surface area contributed by atoms with Crippen LogP contribution in [0.5, 0.6) is 11.5 Å². The number of aromatic nitrogens is 1. The Kier molecular flexibility index (Phi) is 3.87. The van der Waals surface area contributed by atoms with Crippen LogP contribution in [0, 0.1) is 5.82 Å². The van der Waals surface area contributed by atoms with E-state index in [1.807, 2.05) is 0 Å². The third kappa shape index (κ3) is 2.94. The fraction of sp³-hybridized carbons (Fsp3) is 0. The standard InChI is InChI=1S/C12H6Cl2FNO3/c13-7-2-1-3-8(11(7)15)19-9-4-10(14)16-5-6(9)12(17)18/h1-5H,(H,17,18). The van der Waals surface area contributed by atoms with Gasteiger partial charge in [-0.3, -0.25) is 0 Å². The van der Waals surface area contributed by atoms with Crippen LogP contribution in [0.1, 0.15) is 10.4 Å². The van der Waals surface area contributed by atoms with Crippen LogP contribution < -0.4 is 4.74 Å². The zero-order chi connectivity index (χ0) is 14.0. The van der Waals surface area contributed by atoms with Crippen molar-refractivity contribution in [2.45, 2.75) is 0 Å². The minimum atomic E-state index is -1.26. The second-order valence-corrected chi connectivity index (χ2v) is 4.26. The van der Waals surface area contributed by atoms with E-state index in [2.05, 4.69) is 4.98 Å². The highest BCUT2D eigenvalue weighted by atomic mass is 35.5. The number of aromatic carboxylic acids is 1. The Hall–Kier alpha value is -1.85. The first-order valence-electron chi connectivity index (χ1n) is 4.99. The lowest BCUT2D eigenvalue weighted by Crippen LogP contribution is -2.01. The molecule has 0 amide bonds. The van der Waals surface area contributed by atoms with Gasteiger partial charge in [0.15, 0.2) is 11.6 Å². The molecule has 0 bridgehead atoms. The van der Waals surface area contributed by atoms with Crippen molar-refractivity contribution >= 4 is 29.2 Å². The Morgan fingerprint density at radius 1 is 1.32 bits per heavy atom. The Labute approximate surface area is 117 Å². The van der Waals surface area contributed by atoms with Crippen LogP contribution in [-0.2, 0) is 0 Å². The Balaban J connectivity index is 2.45. The van der Waals surface area contributed by atoms with Crippen LogP contribution in [0.2, 0.25) is 10.2 Å². The number of halogens is 3. The van der Waals surface area contributed by atoms with E-state index in [0.29, 0.717) is 0 Å². The number of ether oxygens (including phenoxy) is 1. The molecule has 2 rings (SSSR count). The maximum absolute atomic E-state index is 13.7. The molecule has 19 heavy (non-hydrogen) atoms. The van der Waals surface area contributed by atoms with Gasteiger partial charge in [-0.1, -0.05) is 29.3 Å². The topological polar surface area (TPSA) is 59.4 Å². The molecular formula is C12H6Cl2FNO3. The number of carboxylic acid groups (broad SMARTS) is 1. The zero-order valence-electron chi connectivity index (χ0n) is 9.23. The van der Waals surface area contributed by atoms with Gasteiger partial charge in [0.25, 0.3) is 0 Å². The summed E-state index contributed by atoms with van der Waals surface area (Å²) in [5.74, 6) is -2.36. The molecule has 1 aromatic heterocycles. The molecule has 1 aromatic carbocycles. The number of carboxylic acids is 1. The molecule has 4 nitrogen and oxygen atoms in total. The number of hydrogen-bond acceptors (Lipinski definition) is 3. The molecule has 1 N–H and O–H groups in total. The summed E-state index contributed by atoms with van der Waals surface area (Å²) in [7, 11) is 0. The molecule has 0 aliphatic heterocycles.